The standard InChI is InChI=1S/C21H48N2Si/c22-19-17-15-13-11-9-7-5-3-1-2-4-6-8-10-12-14-16-18-20-23-21-24/h23H,1-22H2,24H3. The number of rotatable bonds is 21. The van der Waals surface area contributed by atoms with Gasteiger partial charge in [-0.05, 0) is 32.1 Å². The van der Waals surface area contributed by atoms with Crippen molar-refractivity contribution in [3.8, 4) is 0 Å². The molecule has 0 aliphatic carbocycles. The lowest BCUT2D eigenvalue weighted by Crippen LogP contribution is -2.16. The molecule has 0 aromatic rings. The molecule has 0 aliphatic rings. The summed E-state index contributed by atoms with van der Waals surface area (Å²) in [5.41, 5.74) is 5.51. The maximum Gasteiger partial charge on any atom is 0.0201 e. The maximum absolute atomic E-state index is 5.51. The lowest BCUT2D eigenvalue weighted by Gasteiger charge is -2.04. The van der Waals surface area contributed by atoms with Crippen molar-refractivity contribution in [2.24, 2.45) is 5.73 Å². The van der Waals surface area contributed by atoms with Crippen LogP contribution >= 0.6 is 0 Å². The first-order chi connectivity index (χ1) is 11.9. The van der Waals surface area contributed by atoms with Crippen molar-refractivity contribution in [2.75, 3.05) is 19.3 Å². The van der Waals surface area contributed by atoms with E-state index in [1.807, 2.05) is 0 Å². The number of nitrogens with one attached hydrogen (secondary N) is 1. The molecule has 0 spiro atoms. The summed E-state index contributed by atoms with van der Waals surface area (Å²) in [6.07, 6.45) is 27.1. The van der Waals surface area contributed by atoms with Gasteiger partial charge < -0.3 is 11.1 Å². The number of nitrogens with two attached hydrogens (primary N) is 1. The van der Waals surface area contributed by atoms with Gasteiger partial charge in [-0.1, -0.05) is 103 Å². The van der Waals surface area contributed by atoms with Gasteiger partial charge in [-0.25, -0.2) is 0 Å². The molecule has 3 N–H and O–H groups in total. The SMILES string of the molecule is NCCCCCCCCCCCCCCCCCCCCNC[SiH3]. The van der Waals surface area contributed by atoms with Crippen molar-refractivity contribution in [1.29, 1.82) is 0 Å². The molecule has 0 amide bonds. The second kappa shape index (κ2) is 23.1. The maximum atomic E-state index is 5.51. The predicted molar refractivity (Wildman–Crippen MR) is 115 cm³/mol. The van der Waals surface area contributed by atoms with E-state index in [9.17, 15) is 0 Å². The summed E-state index contributed by atoms with van der Waals surface area (Å²) in [4.78, 5) is 0. The Bertz CT molecular complexity index is 190. The van der Waals surface area contributed by atoms with Crippen LogP contribution in [0.3, 0.4) is 0 Å². The third-order valence-corrected chi connectivity index (χ3v) is 5.56. The van der Waals surface area contributed by atoms with Gasteiger partial charge >= 0.3 is 0 Å². The Hall–Kier alpha value is 0.137. The van der Waals surface area contributed by atoms with E-state index in [4.69, 9.17) is 5.73 Å². The zero-order chi connectivity index (χ0) is 17.6. The minimum absolute atomic E-state index is 0.873. The molecule has 24 heavy (non-hydrogen) atoms. The van der Waals surface area contributed by atoms with Crippen molar-refractivity contribution in [3.05, 3.63) is 0 Å². The van der Waals surface area contributed by atoms with Gasteiger partial charge in [0.25, 0.3) is 0 Å². The summed E-state index contributed by atoms with van der Waals surface area (Å²) in [5.74, 6) is 0. The normalized spacial score (nSPS) is 11.4. The van der Waals surface area contributed by atoms with Gasteiger partial charge in [-0.15, -0.1) is 0 Å². The third kappa shape index (κ3) is 22.1. The van der Waals surface area contributed by atoms with Crippen LogP contribution < -0.4 is 11.1 Å². The highest BCUT2D eigenvalue weighted by atomic mass is 28.1. The molecule has 0 heterocycles. The Morgan fingerprint density at radius 3 is 1.04 bits per heavy atom. The minimum Gasteiger partial charge on any atom is -0.330 e. The lowest BCUT2D eigenvalue weighted by atomic mass is 10.0. The van der Waals surface area contributed by atoms with Crippen molar-refractivity contribution in [3.63, 3.8) is 0 Å². The van der Waals surface area contributed by atoms with Gasteiger partial charge in [0, 0.05) is 10.2 Å². The van der Waals surface area contributed by atoms with E-state index in [1.165, 1.54) is 139 Å². The van der Waals surface area contributed by atoms with Gasteiger partial charge in [0.2, 0.25) is 0 Å². The fourth-order valence-corrected chi connectivity index (χ4v) is 3.75. The summed E-state index contributed by atoms with van der Waals surface area (Å²) in [5, 5.41) is 3.46. The van der Waals surface area contributed by atoms with Gasteiger partial charge in [-0.2, -0.15) is 0 Å². The number of hydrogen-bond acceptors (Lipinski definition) is 2. The zero-order valence-electron chi connectivity index (χ0n) is 16.9. The highest BCUT2D eigenvalue weighted by molar-refractivity contribution is 6.08. The van der Waals surface area contributed by atoms with Crippen molar-refractivity contribution in [2.45, 2.75) is 116 Å². The Morgan fingerprint density at radius 1 is 0.458 bits per heavy atom. The van der Waals surface area contributed by atoms with Crippen LogP contribution in [0.5, 0.6) is 0 Å². The molecule has 146 valence electrons. The largest absolute Gasteiger partial charge is 0.330 e. The lowest BCUT2D eigenvalue weighted by molar-refractivity contribution is 0.523. The molecule has 0 atom stereocenters. The van der Waals surface area contributed by atoms with Gasteiger partial charge in [0.05, 0.1) is 0 Å². The van der Waals surface area contributed by atoms with Crippen LogP contribution in [0.15, 0.2) is 0 Å². The molecule has 0 aliphatic heterocycles. The van der Waals surface area contributed by atoms with Crippen molar-refractivity contribution < 1.29 is 0 Å². The molecule has 0 unspecified atom stereocenters. The molecule has 0 radical (unpaired) electrons. The Labute approximate surface area is 156 Å². The average molecular weight is 357 g/mol. The number of unbranched alkanes of at least 4 members (excludes halogenated alkanes) is 17. The minimum atomic E-state index is 0.873. The Morgan fingerprint density at radius 2 is 0.750 bits per heavy atom. The van der Waals surface area contributed by atoms with Crippen LogP contribution in [0.25, 0.3) is 0 Å². The van der Waals surface area contributed by atoms with E-state index in [0.717, 1.165) is 6.54 Å². The molecule has 0 aromatic carbocycles. The average Bonchev–Trinajstić information content (AvgIpc) is 2.60. The van der Waals surface area contributed by atoms with Crippen LogP contribution in [-0.4, -0.2) is 29.5 Å². The van der Waals surface area contributed by atoms with Crippen LogP contribution in [-0.2, 0) is 0 Å². The highest BCUT2D eigenvalue weighted by Gasteiger charge is 1.95. The fraction of sp³-hybridized carbons (Fsp3) is 1.00. The second-order valence-electron chi connectivity index (χ2n) is 7.51. The van der Waals surface area contributed by atoms with Crippen LogP contribution in [0.4, 0.5) is 0 Å². The molecular weight excluding hydrogens is 308 g/mol. The monoisotopic (exact) mass is 356 g/mol. The molecule has 3 heteroatoms. The zero-order valence-corrected chi connectivity index (χ0v) is 18.9. The second-order valence-corrected chi connectivity index (χ2v) is 8.21. The van der Waals surface area contributed by atoms with E-state index in [2.05, 4.69) is 5.32 Å². The topological polar surface area (TPSA) is 38.0 Å². The molecule has 0 rings (SSSR count). The quantitative estimate of drug-likeness (QED) is 0.227. The molecule has 0 saturated heterocycles. The first-order valence-corrected chi connectivity index (χ1v) is 12.7. The molecule has 2 nitrogen and oxygen atoms in total. The first kappa shape index (κ1) is 24.1. The van der Waals surface area contributed by atoms with Crippen LogP contribution in [0.1, 0.15) is 116 Å². The van der Waals surface area contributed by atoms with E-state index >= 15 is 0 Å². The Balaban J connectivity index is 2.93. The molecular formula is C21H48N2Si. The summed E-state index contributed by atoms with van der Waals surface area (Å²) in [7, 11) is 1.30. The third-order valence-electron chi connectivity index (χ3n) is 5.06. The van der Waals surface area contributed by atoms with Gasteiger partial charge in [-0.3, -0.25) is 0 Å². The van der Waals surface area contributed by atoms with E-state index in [-0.39, 0.29) is 0 Å². The summed E-state index contributed by atoms with van der Waals surface area (Å²) in [6, 6.07) is 0. The smallest absolute Gasteiger partial charge is 0.0201 e. The molecule has 0 saturated carbocycles. The van der Waals surface area contributed by atoms with Gasteiger partial charge in [0.1, 0.15) is 0 Å². The summed E-state index contributed by atoms with van der Waals surface area (Å²) >= 11 is 0. The predicted octanol–water partition coefficient (Wildman–Crippen LogP) is 4.88. The summed E-state index contributed by atoms with van der Waals surface area (Å²) in [6.45, 7) is 2.12. The van der Waals surface area contributed by atoms with Gasteiger partial charge in [0.15, 0.2) is 0 Å². The Kier molecular flexibility index (Phi) is 23.3. The first-order valence-electron chi connectivity index (χ1n) is 11.3. The van der Waals surface area contributed by atoms with E-state index < -0.39 is 0 Å². The number of hydrogen-bond donors (Lipinski definition) is 2. The summed E-state index contributed by atoms with van der Waals surface area (Å²) < 4.78 is 0. The highest BCUT2D eigenvalue weighted by Crippen LogP contribution is 2.14. The van der Waals surface area contributed by atoms with Crippen LogP contribution in [0.2, 0.25) is 0 Å². The fourth-order valence-electron chi connectivity index (χ4n) is 3.40. The van der Waals surface area contributed by atoms with Crippen molar-refractivity contribution in [1.82, 2.24) is 5.32 Å². The molecule has 0 fully saturated rings. The molecule has 0 aromatic heterocycles. The van der Waals surface area contributed by atoms with Crippen LogP contribution in [0, 0.1) is 0 Å². The van der Waals surface area contributed by atoms with E-state index in [1.54, 1.807) is 0 Å². The molecule has 0 bridgehead atoms. The van der Waals surface area contributed by atoms with E-state index in [0.29, 0.717) is 0 Å². The van der Waals surface area contributed by atoms with Crippen molar-refractivity contribution >= 4 is 10.2 Å².